The van der Waals surface area contributed by atoms with Gasteiger partial charge in [0.05, 0.1) is 22.9 Å². The van der Waals surface area contributed by atoms with Crippen molar-refractivity contribution >= 4 is 22.8 Å². The zero-order valence-electron chi connectivity index (χ0n) is 18.2. The molecular formula is C23H23N5O4. The van der Waals surface area contributed by atoms with Gasteiger partial charge in [-0.15, -0.1) is 0 Å². The number of nitrogens with zero attached hydrogens (tertiary/aromatic N) is 3. The molecule has 0 aliphatic heterocycles. The number of amides is 2. The summed E-state index contributed by atoms with van der Waals surface area (Å²) in [6, 6.07) is 10.8. The van der Waals surface area contributed by atoms with E-state index in [9.17, 15) is 9.59 Å². The molecule has 1 aromatic carbocycles. The van der Waals surface area contributed by atoms with Gasteiger partial charge in [-0.05, 0) is 62.2 Å². The Kier molecular flexibility index (Phi) is 5.63. The third-order valence-electron chi connectivity index (χ3n) is 4.87. The first kappa shape index (κ1) is 21.1. The van der Waals surface area contributed by atoms with Crippen molar-refractivity contribution < 1.29 is 18.7 Å². The van der Waals surface area contributed by atoms with Gasteiger partial charge in [-0.25, -0.2) is 4.98 Å². The van der Waals surface area contributed by atoms with E-state index >= 15 is 0 Å². The van der Waals surface area contributed by atoms with Crippen molar-refractivity contribution in [2.75, 3.05) is 6.61 Å². The number of benzene rings is 1. The average Bonchev–Trinajstić information content (AvgIpc) is 3.38. The first-order chi connectivity index (χ1) is 15.3. The van der Waals surface area contributed by atoms with Crippen LogP contribution in [0.25, 0.3) is 22.5 Å². The van der Waals surface area contributed by atoms with E-state index in [2.05, 4.69) is 20.9 Å². The van der Waals surface area contributed by atoms with Crippen molar-refractivity contribution in [3.8, 4) is 17.2 Å². The quantitative estimate of drug-likeness (QED) is 0.468. The smallest absolute Gasteiger partial charge is 0.276 e. The highest BCUT2D eigenvalue weighted by molar-refractivity contribution is 6.07. The van der Waals surface area contributed by atoms with E-state index in [1.165, 1.54) is 6.26 Å². The Morgan fingerprint density at radius 3 is 2.53 bits per heavy atom. The molecule has 0 saturated carbocycles. The number of pyridine rings is 1. The van der Waals surface area contributed by atoms with Gasteiger partial charge in [0.25, 0.3) is 11.8 Å². The molecule has 3 aromatic heterocycles. The molecule has 0 atom stereocenters. The van der Waals surface area contributed by atoms with Crippen LogP contribution in [0.15, 0.2) is 47.1 Å². The Labute approximate surface area is 184 Å². The normalized spacial score (nSPS) is 10.9. The topological polar surface area (TPSA) is 111 Å². The van der Waals surface area contributed by atoms with Crippen molar-refractivity contribution in [3.63, 3.8) is 0 Å². The largest absolute Gasteiger partial charge is 0.484 e. The van der Waals surface area contributed by atoms with Crippen LogP contribution in [0.2, 0.25) is 0 Å². The molecule has 9 heteroatoms. The lowest BCUT2D eigenvalue weighted by molar-refractivity contribution is -0.123. The second-order valence-electron chi connectivity index (χ2n) is 7.55. The first-order valence-electron chi connectivity index (χ1n) is 10.0. The maximum atomic E-state index is 12.9. The molecule has 4 aromatic rings. The van der Waals surface area contributed by atoms with Gasteiger partial charge in [0, 0.05) is 7.05 Å². The van der Waals surface area contributed by atoms with E-state index in [4.69, 9.17) is 9.15 Å². The Hall–Kier alpha value is -4.14. The predicted octanol–water partition coefficient (Wildman–Crippen LogP) is 2.99. The summed E-state index contributed by atoms with van der Waals surface area (Å²) in [5.41, 5.74) is 8.90. The lowest BCUT2D eigenvalue weighted by atomic mass is 10.1. The van der Waals surface area contributed by atoms with Gasteiger partial charge in [0.2, 0.25) is 0 Å². The highest BCUT2D eigenvalue weighted by Gasteiger charge is 2.20. The number of fused-ring (bicyclic) bond motifs is 1. The van der Waals surface area contributed by atoms with Crippen molar-refractivity contribution in [1.29, 1.82) is 0 Å². The maximum absolute atomic E-state index is 12.9. The monoisotopic (exact) mass is 433 g/mol. The van der Waals surface area contributed by atoms with Gasteiger partial charge in [0.1, 0.15) is 11.4 Å². The number of aromatic nitrogens is 3. The summed E-state index contributed by atoms with van der Waals surface area (Å²) in [5.74, 6) is 0.123. The van der Waals surface area contributed by atoms with Crippen LogP contribution in [0.4, 0.5) is 0 Å². The molecule has 0 bridgehead atoms. The SMILES string of the molecule is Cc1cc(C)cc(OCC(=O)NNC(=O)c2cc(-c3ccco3)nc3c2c(C)nn3C)c1. The summed E-state index contributed by atoms with van der Waals surface area (Å²) < 4.78 is 12.6. The lowest BCUT2D eigenvalue weighted by Gasteiger charge is -2.11. The zero-order chi connectivity index (χ0) is 22.8. The third kappa shape index (κ3) is 4.31. The van der Waals surface area contributed by atoms with Crippen LogP contribution in [0, 0.1) is 20.8 Å². The molecule has 0 fully saturated rings. The number of aryl methyl sites for hydroxylation is 4. The Bertz CT molecular complexity index is 1290. The van der Waals surface area contributed by atoms with E-state index in [0.717, 1.165) is 11.1 Å². The van der Waals surface area contributed by atoms with E-state index in [1.54, 1.807) is 36.9 Å². The lowest BCUT2D eigenvalue weighted by Crippen LogP contribution is -2.44. The minimum atomic E-state index is -0.499. The van der Waals surface area contributed by atoms with Crippen molar-refractivity contribution in [1.82, 2.24) is 25.6 Å². The molecule has 0 aliphatic rings. The third-order valence-corrected chi connectivity index (χ3v) is 4.87. The number of furan rings is 1. The molecule has 0 radical (unpaired) electrons. The number of nitrogens with one attached hydrogen (secondary N) is 2. The summed E-state index contributed by atoms with van der Waals surface area (Å²) in [6.45, 7) is 5.46. The summed E-state index contributed by atoms with van der Waals surface area (Å²) >= 11 is 0. The Balaban J connectivity index is 1.50. The number of hydrogen-bond acceptors (Lipinski definition) is 6. The second kappa shape index (κ2) is 8.54. The van der Waals surface area contributed by atoms with Gasteiger partial charge >= 0.3 is 0 Å². The molecule has 9 nitrogen and oxygen atoms in total. The second-order valence-corrected chi connectivity index (χ2v) is 7.55. The molecule has 0 aliphatic carbocycles. The minimum absolute atomic E-state index is 0.238. The number of rotatable bonds is 5. The number of hydrazine groups is 1. The molecule has 0 saturated heterocycles. The summed E-state index contributed by atoms with van der Waals surface area (Å²) in [5, 5.41) is 4.96. The fourth-order valence-electron chi connectivity index (χ4n) is 3.57. The Morgan fingerprint density at radius 2 is 1.84 bits per heavy atom. The summed E-state index contributed by atoms with van der Waals surface area (Å²) in [6.07, 6.45) is 1.53. The number of hydrogen-bond donors (Lipinski definition) is 2. The maximum Gasteiger partial charge on any atom is 0.276 e. The number of ether oxygens (including phenoxy) is 1. The van der Waals surface area contributed by atoms with Crippen LogP contribution in [-0.4, -0.2) is 33.2 Å². The van der Waals surface area contributed by atoms with Crippen molar-refractivity contribution in [3.05, 3.63) is 65.0 Å². The van der Waals surface area contributed by atoms with Crippen LogP contribution >= 0.6 is 0 Å². The molecule has 2 N–H and O–H groups in total. The molecular weight excluding hydrogens is 410 g/mol. The standard InChI is InChI=1S/C23H23N5O4/c1-13-8-14(2)10-16(9-13)32-12-20(29)25-26-23(30)17-11-18(19-6-5-7-31-19)24-22-21(17)15(3)27-28(22)4/h5-11H,12H2,1-4H3,(H,25,29)(H,26,30). The highest BCUT2D eigenvalue weighted by Crippen LogP contribution is 2.27. The van der Waals surface area contributed by atoms with Gasteiger partial charge in [-0.1, -0.05) is 6.07 Å². The minimum Gasteiger partial charge on any atom is -0.484 e. The van der Waals surface area contributed by atoms with E-state index in [-0.39, 0.29) is 6.61 Å². The molecule has 4 rings (SSSR count). The van der Waals surface area contributed by atoms with Crippen LogP contribution in [0.1, 0.15) is 27.2 Å². The summed E-state index contributed by atoms with van der Waals surface area (Å²) in [7, 11) is 1.75. The molecule has 0 unspecified atom stereocenters. The van der Waals surface area contributed by atoms with Crippen LogP contribution in [-0.2, 0) is 11.8 Å². The molecule has 32 heavy (non-hydrogen) atoms. The van der Waals surface area contributed by atoms with Crippen LogP contribution < -0.4 is 15.6 Å². The van der Waals surface area contributed by atoms with Crippen molar-refractivity contribution in [2.24, 2.45) is 7.05 Å². The van der Waals surface area contributed by atoms with Gasteiger partial charge in [-0.2, -0.15) is 5.10 Å². The first-order valence-corrected chi connectivity index (χ1v) is 10.0. The van der Waals surface area contributed by atoms with E-state index in [1.807, 2.05) is 32.0 Å². The Morgan fingerprint density at radius 1 is 1.09 bits per heavy atom. The molecule has 2 amide bonds. The van der Waals surface area contributed by atoms with Gasteiger partial charge < -0.3 is 9.15 Å². The van der Waals surface area contributed by atoms with Gasteiger partial charge in [-0.3, -0.25) is 25.1 Å². The van der Waals surface area contributed by atoms with E-state index < -0.39 is 11.8 Å². The summed E-state index contributed by atoms with van der Waals surface area (Å²) in [4.78, 5) is 29.7. The molecule has 3 heterocycles. The molecule has 0 spiro atoms. The van der Waals surface area contributed by atoms with Crippen LogP contribution in [0.3, 0.4) is 0 Å². The fraction of sp³-hybridized carbons (Fsp3) is 0.217. The van der Waals surface area contributed by atoms with Crippen molar-refractivity contribution in [2.45, 2.75) is 20.8 Å². The average molecular weight is 433 g/mol. The van der Waals surface area contributed by atoms with Gasteiger partial charge in [0.15, 0.2) is 18.0 Å². The highest BCUT2D eigenvalue weighted by atomic mass is 16.5. The predicted molar refractivity (Wildman–Crippen MR) is 118 cm³/mol. The molecule has 164 valence electrons. The fourth-order valence-corrected chi connectivity index (χ4v) is 3.57. The zero-order valence-corrected chi connectivity index (χ0v) is 18.2. The number of carbonyl (C=O) groups excluding carboxylic acids is 2. The van der Waals surface area contributed by atoms with E-state index in [0.29, 0.717) is 39.5 Å². The number of carbonyl (C=O) groups is 2. The van der Waals surface area contributed by atoms with Crippen LogP contribution in [0.5, 0.6) is 5.75 Å².